The number of carboxylic acid groups (broad SMARTS) is 1. The Hall–Kier alpha value is -4.14. The largest absolute Gasteiger partial charge is 0.476 e. The predicted molar refractivity (Wildman–Crippen MR) is 101 cm³/mol. The van der Waals surface area contributed by atoms with Gasteiger partial charge in [-0.05, 0) is 18.6 Å². The van der Waals surface area contributed by atoms with Gasteiger partial charge in [0.05, 0.1) is 24.4 Å². The number of halogens is 3. The van der Waals surface area contributed by atoms with Crippen molar-refractivity contribution in [3.8, 4) is 0 Å². The zero-order valence-electron chi connectivity index (χ0n) is 15.6. The van der Waals surface area contributed by atoms with Gasteiger partial charge in [0.1, 0.15) is 18.4 Å². The van der Waals surface area contributed by atoms with Crippen molar-refractivity contribution >= 4 is 29.2 Å². The Morgan fingerprint density at radius 1 is 1.32 bits per heavy atom. The number of nitrogens with one attached hydrogen (secondary N) is 1. The maximum Gasteiger partial charge on any atom is 0.407 e. The van der Waals surface area contributed by atoms with Gasteiger partial charge in [0, 0.05) is 17.8 Å². The number of hydrogen-bond donors (Lipinski definition) is 2. The van der Waals surface area contributed by atoms with Crippen LogP contribution in [0.25, 0.3) is 4.85 Å². The van der Waals surface area contributed by atoms with Gasteiger partial charge in [0.15, 0.2) is 11.4 Å². The Bertz CT molecular complexity index is 1200. The molecule has 0 saturated heterocycles. The Kier molecular flexibility index (Phi) is 4.94. The number of alkyl halides is 3. The molecule has 0 amide bonds. The minimum atomic E-state index is -4.63. The van der Waals surface area contributed by atoms with Crippen LogP contribution in [0.1, 0.15) is 27.3 Å². The van der Waals surface area contributed by atoms with Gasteiger partial charge in [-0.25, -0.2) is 19.6 Å². The number of rotatable bonds is 4. The minimum absolute atomic E-state index is 0.0507. The molecule has 4 rings (SSSR count). The highest BCUT2D eigenvalue weighted by atomic mass is 19.4. The Morgan fingerprint density at radius 3 is 2.81 bits per heavy atom. The van der Waals surface area contributed by atoms with Crippen LogP contribution in [0.3, 0.4) is 0 Å². The molecule has 0 unspecified atom stereocenters. The van der Waals surface area contributed by atoms with Crippen LogP contribution in [0.15, 0.2) is 35.2 Å². The summed E-state index contributed by atoms with van der Waals surface area (Å²) >= 11 is 0. The summed E-state index contributed by atoms with van der Waals surface area (Å²) in [6, 6.07) is 3.56. The minimum Gasteiger partial charge on any atom is -0.476 e. The number of oxazole rings is 1. The standard InChI is InChI=1S/C19H13F3N6O3/c1-23-13-3-2-10(6-12(13)19(20,21)22)28-5-4-11-14(7-28)24-9-25-16(11)27-18-26-15(8-31-18)17(29)30/h2-3,6,8-9H,4-5,7H2,(H,29,30)(H,24,25,26,27). The highest BCUT2D eigenvalue weighted by Gasteiger charge is 2.34. The number of carbonyl (C=O) groups is 1. The number of anilines is 3. The van der Waals surface area contributed by atoms with Crippen LogP contribution in [0.5, 0.6) is 0 Å². The smallest absolute Gasteiger partial charge is 0.407 e. The van der Waals surface area contributed by atoms with E-state index in [1.165, 1.54) is 12.4 Å². The molecule has 12 heteroatoms. The molecule has 0 radical (unpaired) electrons. The average Bonchev–Trinajstić information content (AvgIpc) is 3.21. The van der Waals surface area contributed by atoms with Crippen LogP contribution < -0.4 is 10.2 Å². The summed E-state index contributed by atoms with van der Waals surface area (Å²) in [5, 5.41) is 11.7. The molecule has 2 aromatic heterocycles. The number of carboxylic acids is 1. The Morgan fingerprint density at radius 2 is 2.13 bits per heavy atom. The van der Waals surface area contributed by atoms with Gasteiger partial charge in [-0.15, -0.1) is 0 Å². The Labute approximate surface area is 173 Å². The average molecular weight is 430 g/mol. The van der Waals surface area contributed by atoms with E-state index in [9.17, 15) is 18.0 Å². The van der Waals surface area contributed by atoms with E-state index in [4.69, 9.17) is 16.1 Å². The van der Waals surface area contributed by atoms with Crippen LogP contribution in [-0.4, -0.2) is 32.6 Å². The molecule has 1 aromatic carbocycles. The van der Waals surface area contributed by atoms with Gasteiger partial charge in [-0.2, -0.15) is 18.2 Å². The number of fused-ring (bicyclic) bond motifs is 1. The number of hydrogen-bond acceptors (Lipinski definition) is 7. The van der Waals surface area contributed by atoms with Crippen LogP contribution >= 0.6 is 0 Å². The van der Waals surface area contributed by atoms with Crippen molar-refractivity contribution < 1.29 is 27.5 Å². The lowest BCUT2D eigenvalue weighted by Crippen LogP contribution is -2.32. The highest BCUT2D eigenvalue weighted by molar-refractivity contribution is 5.85. The van der Waals surface area contributed by atoms with Gasteiger partial charge in [0.25, 0.3) is 0 Å². The van der Waals surface area contributed by atoms with E-state index in [0.29, 0.717) is 30.2 Å². The van der Waals surface area contributed by atoms with E-state index in [1.54, 1.807) is 4.90 Å². The Balaban J connectivity index is 1.59. The van der Waals surface area contributed by atoms with E-state index in [1.807, 2.05) is 0 Å². The fraction of sp³-hybridized carbons (Fsp3) is 0.211. The van der Waals surface area contributed by atoms with Crippen molar-refractivity contribution in [1.29, 1.82) is 0 Å². The molecule has 3 heterocycles. The van der Waals surface area contributed by atoms with E-state index in [2.05, 4.69) is 25.1 Å². The van der Waals surface area contributed by atoms with Crippen molar-refractivity contribution in [2.45, 2.75) is 19.1 Å². The summed E-state index contributed by atoms with van der Waals surface area (Å²) in [7, 11) is 0. The number of aromatic carboxylic acids is 1. The molecule has 9 nitrogen and oxygen atoms in total. The van der Waals surface area contributed by atoms with Gasteiger partial charge >= 0.3 is 18.2 Å². The quantitative estimate of drug-likeness (QED) is 0.597. The molecule has 0 aliphatic carbocycles. The summed E-state index contributed by atoms with van der Waals surface area (Å²) in [4.78, 5) is 27.8. The van der Waals surface area contributed by atoms with Crippen molar-refractivity contribution in [1.82, 2.24) is 15.0 Å². The molecular weight excluding hydrogens is 417 g/mol. The fourth-order valence-electron chi connectivity index (χ4n) is 3.26. The van der Waals surface area contributed by atoms with Gasteiger partial charge < -0.3 is 14.4 Å². The molecule has 0 atom stereocenters. The molecular formula is C19H13F3N6O3. The van der Waals surface area contributed by atoms with Gasteiger partial charge in [-0.1, -0.05) is 6.07 Å². The topological polar surface area (TPSA) is 109 Å². The summed E-state index contributed by atoms with van der Waals surface area (Å²) in [5.74, 6) is -0.859. The molecule has 0 bridgehead atoms. The number of benzene rings is 1. The van der Waals surface area contributed by atoms with E-state index in [-0.39, 0.29) is 18.3 Å². The maximum absolute atomic E-state index is 13.3. The number of nitrogens with zero attached hydrogens (tertiary/aromatic N) is 5. The van der Waals surface area contributed by atoms with Crippen LogP contribution in [0.2, 0.25) is 0 Å². The zero-order valence-corrected chi connectivity index (χ0v) is 15.6. The first-order valence-electron chi connectivity index (χ1n) is 8.88. The lowest BCUT2D eigenvalue weighted by Gasteiger charge is -2.31. The molecule has 0 fully saturated rings. The SMILES string of the molecule is [C-]#[N+]c1ccc(N2CCc3c(ncnc3Nc3nc(C(=O)O)co3)C2)cc1C(F)(F)F. The summed E-state index contributed by atoms with van der Waals surface area (Å²) in [6.45, 7) is 7.57. The molecule has 0 spiro atoms. The van der Waals surface area contributed by atoms with E-state index < -0.39 is 23.4 Å². The summed E-state index contributed by atoms with van der Waals surface area (Å²) in [6.07, 6.45) is -1.94. The molecule has 0 saturated carbocycles. The third-order valence-corrected chi connectivity index (χ3v) is 4.73. The second kappa shape index (κ2) is 7.60. The molecule has 2 N–H and O–H groups in total. The molecule has 158 valence electrons. The van der Waals surface area contributed by atoms with E-state index >= 15 is 0 Å². The van der Waals surface area contributed by atoms with Crippen molar-refractivity contribution in [3.63, 3.8) is 0 Å². The second-order valence-corrected chi connectivity index (χ2v) is 6.60. The molecule has 1 aliphatic rings. The third-order valence-electron chi connectivity index (χ3n) is 4.73. The van der Waals surface area contributed by atoms with Crippen molar-refractivity contribution in [2.75, 3.05) is 16.8 Å². The lowest BCUT2D eigenvalue weighted by atomic mass is 10.0. The van der Waals surface area contributed by atoms with Crippen molar-refractivity contribution in [2.24, 2.45) is 0 Å². The third kappa shape index (κ3) is 3.97. The first-order chi connectivity index (χ1) is 14.8. The molecule has 1 aliphatic heterocycles. The second-order valence-electron chi connectivity index (χ2n) is 6.60. The highest BCUT2D eigenvalue weighted by Crippen LogP contribution is 2.39. The first-order valence-corrected chi connectivity index (χ1v) is 8.88. The normalized spacial score (nSPS) is 13.4. The summed E-state index contributed by atoms with van der Waals surface area (Å²) in [5.41, 5.74) is -0.0421. The first kappa shape index (κ1) is 20.1. The predicted octanol–water partition coefficient (Wildman–Crippen LogP) is 4.04. The van der Waals surface area contributed by atoms with Gasteiger partial charge in [-0.3, -0.25) is 5.32 Å². The lowest BCUT2D eigenvalue weighted by molar-refractivity contribution is -0.136. The summed E-state index contributed by atoms with van der Waals surface area (Å²) < 4.78 is 44.9. The van der Waals surface area contributed by atoms with Crippen molar-refractivity contribution in [3.05, 3.63) is 64.7 Å². The van der Waals surface area contributed by atoms with E-state index in [0.717, 1.165) is 24.0 Å². The van der Waals surface area contributed by atoms with Crippen LogP contribution in [-0.2, 0) is 19.1 Å². The van der Waals surface area contributed by atoms with Crippen LogP contribution in [0, 0.1) is 6.57 Å². The monoisotopic (exact) mass is 430 g/mol. The number of aromatic nitrogens is 3. The van der Waals surface area contributed by atoms with Crippen LogP contribution in [0.4, 0.5) is 36.4 Å². The maximum atomic E-state index is 13.3. The molecule has 31 heavy (non-hydrogen) atoms. The molecule has 3 aromatic rings. The fourth-order valence-corrected chi connectivity index (χ4v) is 3.26. The zero-order chi connectivity index (χ0) is 22.2. The van der Waals surface area contributed by atoms with Gasteiger partial charge in [0.2, 0.25) is 0 Å².